The fraction of sp³-hybridized carbons (Fsp3) is 0.385. The molecule has 0 radical (unpaired) electrons. The number of benzene rings is 1. The molecule has 0 aliphatic carbocycles. The molecule has 1 aromatic carbocycles. The Labute approximate surface area is 116 Å². The van der Waals surface area contributed by atoms with E-state index in [0.717, 1.165) is 25.1 Å². The highest BCUT2D eigenvalue weighted by molar-refractivity contribution is 6.30. The largest absolute Gasteiger partial charge is 0.419 e. The van der Waals surface area contributed by atoms with Gasteiger partial charge in [0.05, 0.1) is 6.54 Å². The first-order valence-electron chi connectivity index (χ1n) is 6.07. The molecular formula is C13H16ClN3O2. The highest BCUT2D eigenvalue weighted by atomic mass is 35.5. The van der Waals surface area contributed by atoms with Gasteiger partial charge in [-0.2, -0.15) is 0 Å². The lowest BCUT2D eigenvalue weighted by molar-refractivity contribution is 0.194. The third kappa shape index (κ3) is 4.31. The molecule has 0 saturated carbocycles. The topological polar surface area (TPSA) is 60.2 Å². The van der Waals surface area contributed by atoms with E-state index in [1.807, 2.05) is 12.1 Å². The molecule has 19 heavy (non-hydrogen) atoms. The minimum Gasteiger partial charge on any atom is -0.419 e. The maximum absolute atomic E-state index is 5.83. The average molecular weight is 282 g/mol. The molecule has 0 aliphatic heterocycles. The Bertz CT molecular complexity index is 499. The van der Waals surface area contributed by atoms with Gasteiger partial charge in [0.15, 0.2) is 0 Å². The summed E-state index contributed by atoms with van der Waals surface area (Å²) in [5.41, 5.74) is 0.863. The summed E-state index contributed by atoms with van der Waals surface area (Å²) in [7, 11) is 1.69. The van der Waals surface area contributed by atoms with Crippen molar-refractivity contribution in [2.45, 2.75) is 13.0 Å². The summed E-state index contributed by atoms with van der Waals surface area (Å²) in [5.74, 6) is 1.08. The van der Waals surface area contributed by atoms with E-state index in [-0.39, 0.29) is 0 Å². The van der Waals surface area contributed by atoms with Gasteiger partial charge in [0.1, 0.15) is 0 Å². The maximum atomic E-state index is 5.83. The normalized spacial score (nSPS) is 10.8. The Balaban J connectivity index is 1.86. The highest BCUT2D eigenvalue weighted by Gasteiger charge is 2.07. The van der Waals surface area contributed by atoms with Gasteiger partial charge in [-0.15, -0.1) is 10.2 Å². The lowest BCUT2D eigenvalue weighted by Gasteiger charge is -2.00. The van der Waals surface area contributed by atoms with Crippen LogP contribution in [0.3, 0.4) is 0 Å². The van der Waals surface area contributed by atoms with Crippen molar-refractivity contribution in [2.75, 3.05) is 20.3 Å². The number of halogens is 1. The van der Waals surface area contributed by atoms with Gasteiger partial charge in [-0.05, 0) is 37.2 Å². The maximum Gasteiger partial charge on any atom is 0.247 e. The Morgan fingerprint density at radius 2 is 2.05 bits per heavy atom. The Morgan fingerprint density at radius 3 is 2.79 bits per heavy atom. The molecule has 1 aromatic heterocycles. The van der Waals surface area contributed by atoms with E-state index in [9.17, 15) is 0 Å². The van der Waals surface area contributed by atoms with Gasteiger partial charge in [0.2, 0.25) is 11.8 Å². The van der Waals surface area contributed by atoms with Gasteiger partial charge in [-0.3, -0.25) is 0 Å². The van der Waals surface area contributed by atoms with E-state index < -0.39 is 0 Å². The number of ether oxygens (including phenoxy) is 1. The van der Waals surface area contributed by atoms with Gasteiger partial charge in [-0.1, -0.05) is 11.6 Å². The molecule has 0 bridgehead atoms. The van der Waals surface area contributed by atoms with Crippen LogP contribution >= 0.6 is 11.6 Å². The van der Waals surface area contributed by atoms with Crippen molar-refractivity contribution in [1.82, 2.24) is 15.5 Å². The summed E-state index contributed by atoms with van der Waals surface area (Å²) < 4.78 is 10.5. The van der Waals surface area contributed by atoms with Crippen molar-refractivity contribution >= 4 is 11.6 Å². The van der Waals surface area contributed by atoms with Crippen LogP contribution in [0.25, 0.3) is 11.5 Å². The monoisotopic (exact) mass is 281 g/mol. The fourth-order valence-electron chi connectivity index (χ4n) is 1.57. The number of hydrogen-bond acceptors (Lipinski definition) is 5. The smallest absolute Gasteiger partial charge is 0.247 e. The molecular weight excluding hydrogens is 266 g/mol. The van der Waals surface area contributed by atoms with Gasteiger partial charge < -0.3 is 14.5 Å². The van der Waals surface area contributed by atoms with Gasteiger partial charge in [0, 0.05) is 24.3 Å². The number of hydrogen-bond donors (Lipinski definition) is 1. The zero-order valence-corrected chi connectivity index (χ0v) is 11.5. The van der Waals surface area contributed by atoms with Crippen molar-refractivity contribution in [3.05, 3.63) is 35.2 Å². The first-order chi connectivity index (χ1) is 9.29. The van der Waals surface area contributed by atoms with Crippen LogP contribution in [0.5, 0.6) is 0 Å². The lowest BCUT2D eigenvalue weighted by atomic mass is 10.2. The van der Waals surface area contributed by atoms with Crippen LogP contribution in [0.1, 0.15) is 12.3 Å². The predicted molar refractivity (Wildman–Crippen MR) is 72.9 cm³/mol. The van der Waals surface area contributed by atoms with Gasteiger partial charge in [0.25, 0.3) is 0 Å². The van der Waals surface area contributed by atoms with Crippen LogP contribution in [0, 0.1) is 0 Å². The quantitative estimate of drug-likeness (QED) is 0.790. The van der Waals surface area contributed by atoms with Crippen LogP contribution in [-0.2, 0) is 11.3 Å². The molecule has 0 saturated heterocycles. The Morgan fingerprint density at radius 1 is 1.26 bits per heavy atom. The van der Waals surface area contributed by atoms with Crippen LogP contribution in [-0.4, -0.2) is 30.5 Å². The van der Waals surface area contributed by atoms with Gasteiger partial charge in [-0.25, -0.2) is 0 Å². The first-order valence-corrected chi connectivity index (χ1v) is 6.45. The molecule has 102 valence electrons. The molecule has 2 aromatic rings. The number of nitrogens with one attached hydrogen (secondary N) is 1. The molecule has 1 N–H and O–H groups in total. The minimum absolute atomic E-state index is 0.505. The summed E-state index contributed by atoms with van der Waals surface area (Å²) in [6, 6.07) is 7.30. The van der Waals surface area contributed by atoms with Crippen molar-refractivity contribution < 1.29 is 9.15 Å². The second-order valence-corrected chi connectivity index (χ2v) is 4.47. The first kappa shape index (κ1) is 14.0. The molecule has 5 nitrogen and oxygen atoms in total. The van der Waals surface area contributed by atoms with E-state index in [1.165, 1.54) is 0 Å². The number of rotatable bonds is 7. The van der Waals surface area contributed by atoms with E-state index >= 15 is 0 Å². The molecule has 6 heteroatoms. The average Bonchev–Trinajstić information content (AvgIpc) is 2.88. The number of aromatic nitrogens is 2. The molecule has 0 fully saturated rings. The summed E-state index contributed by atoms with van der Waals surface area (Å²) in [6.07, 6.45) is 0.953. The molecule has 0 aliphatic rings. The molecule has 0 spiro atoms. The van der Waals surface area contributed by atoms with Crippen molar-refractivity contribution in [1.29, 1.82) is 0 Å². The SMILES string of the molecule is COCCCNCc1nnc(-c2ccc(Cl)cc2)o1. The molecule has 0 atom stereocenters. The third-order valence-corrected chi connectivity index (χ3v) is 2.79. The van der Waals surface area contributed by atoms with Crippen LogP contribution in [0.15, 0.2) is 28.7 Å². The summed E-state index contributed by atoms with van der Waals surface area (Å²) >= 11 is 5.83. The van der Waals surface area contributed by atoms with Crippen molar-refractivity contribution in [2.24, 2.45) is 0 Å². The summed E-state index contributed by atoms with van der Waals surface area (Å²) in [6.45, 7) is 2.16. The second kappa shape index (κ2) is 7.23. The van der Waals surface area contributed by atoms with Crippen LogP contribution < -0.4 is 5.32 Å². The molecule has 1 heterocycles. The van der Waals surface area contributed by atoms with Crippen molar-refractivity contribution in [3.8, 4) is 11.5 Å². The molecule has 0 unspecified atom stereocenters. The number of nitrogens with zero attached hydrogens (tertiary/aromatic N) is 2. The van der Waals surface area contributed by atoms with Crippen LogP contribution in [0.2, 0.25) is 5.02 Å². The molecule has 2 rings (SSSR count). The standard InChI is InChI=1S/C13H16ClN3O2/c1-18-8-2-7-15-9-12-16-17-13(19-12)10-3-5-11(14)6-4-10/h3-6,15H,2,7-9H2,1H3. The molecule has 0 amide bonds. The fourth-order valence-corrected chi connectivity index (χ4v) is 1.70. The zero-order valence-electron chi connectivity index (χ0n) is 10.7. The summed E-state index contributed by atoms with van der Waals surface area (Å²) in [4.78, 5) is 0. The van der Waals surface area contributed by atoms with E-state index in [2.05, 4.69) is 15.5 Å². The highest BCUT2D eigenvalue weighted by Crippen LogP contribution is 2.19. The summed E-state index contributed by atoms with van der Waals surface area (Å²) in [5, 5.41) is 11.9. The Hall–Kier alpha value is -1.43. The lowest BCUT2D eigenvalue weighted by Crippen LogP contribution is -2.16. The minimum atomic E-state index is 0.505. The van der Waals surface area contributed by atoms with Gasteiger partial charge >= 0.3 is 0 Å². The van der Waals surface area contributed by atoms with E-state index in [0.29, 0.717) is 23.3 Å². The zero-order chi connectivity index (χ0) is 13.5. The predicted octanol–water partition coefficient (Wildman–Crippen LogP) is 2.52. The van der Waals surface area contributed by atoms with E-state index in [1.54, 1.807) is 19.2 Å². The van der Waals surface area contributed by atoms with E-state index in [4.69, 9.17) is 20.8 Å². The second-order valence-electron chi connectivity index (χ2n) is 4.03. The van der Waals surface area contributed by atoms with Crippen LogP contribution in [0.4, 0.5) is 0 Å². The third-order valence-electron chi connectivity index (χ3n) is 2.54. The van der Waals surface area contributed by atoms with Crippen molar-refractivity contribution in [3.63, 3.8) is 0 Å². The number of methoxy groups -OCH3 is 1. The Kier molecular flexibility index (Phi) is 5.32.